The van der Waals surface area contributed by atoms with Crippen molar-refractivity contribution in [3.05, 3.63) is 0 Å². The van der Waals surface area contributed by atoms with Crippen LogP contribution in [0.25, 0.3) is 0 Å². The smallest absolute Gasteiger partial charge is 0.0592 e. The highest BCUT2D eigenvalue weighted by Gasteiger charge is 2.25. The highest BCUT2D eigenvalue weighted by Crippen LogP contribution is 2.20. The molecule has 0 bridgehead atoms. The van der Waals surface area contributed by atoms with Crippen LogP contribution in [0.4, 0.5) is 0 Å². The van der Waals surface area contributed by atoms with E-state index in [-0.39, 0.29) is 6.10 Å². The van der Waals surface area contributed by atoms with Gasteiger partial charge in [0, 0.05) is 13.1 Å². The number of hydrogen-bond acceptors (Lipinski definition) is 2. The summed E-state index contributed by atoms with van der Waals surface area (Å²) in [5, 5.41) is 9.77. The van der Waals surface area contributed by atoms with Crippen molar-refractivity contribution in [3.63, 3.8) is 0 Å². The second-order valence-electron chi connectivity index (χ2n) is 5.36. The highest BCUT2D eigenvalue weighted by atomic mass is 16.3. The Morgan fingerprint density at radius 1 is 1.40 bits per heavy atom. The van der Waals surface area contributed by atoms with Crippen LogP contribution in [0, 0.1) is 11.8 Å². The predicted octanol–water partition coefficient (Wildman–Crippen LogP) is 2.52. The second kappa shape index (κ2) is 6.49. The number of rotatable bonds is 5. The molecule has 0 spiro atoms. The summed E-state index contributed by atoms with van der Waals surface area (Å²) in [5.74, 6) is 1.33. The van der Waals surface area contributed by atoms with Crippen molar-refractivity contribution < 1.29 is 5.11 Å². The van der Waals surface area contributed by atoms with Crippen molar-refractivity contribution in [2.24, 2.45) is 11.8 Å². The summed E-state index contributed by atoms with van der Waals surface area (Å²) in [6.45, 7) is 10.2. The van der Waals surface area contributed by atoms with Crippen LogP contribution in [0.1, 0.15) is 46.5 Å². The molecular weight excluding hydrogens is 186 g/mol. The summed E-state index contributed by atoms with van der Waals surface area (Å²) in [7, 11) is 0. The maximum Gasteiger partial charge on any atom is 0.0592 e. The molecule has 1 fully saturated rings. The first kappa shape index (κ1) is 13.0. The molecule has 1 saturated heterocycles. The molecule has 1 heterocycles. The topological polar surface area (TPSA) is 23.5 Å². The summed E-state index contributed by atoms with van der Waals surface area (Å²) in [5.41, 5.74) is 0. The maximum absolute atomic E-state index is 9.77. The summed E-state index contributed by atoms with van der Waals surface area (Å²) in [6, 6.07) is 0. The Balaban J connectivity index is 2.20. The lowest BCUT2D eigenvalue weighted by Crippen LogP contribution is -2.43. The monoisotopic (exact) mass is 213 g/mol. The first-order valence-electron chi connectivity index (χ1n) is 6.54. The molecule has 0 saturated carbocycles. The van der Waals surface area contributed by atoms with Gasteiger partial charge in [0.15, 0.2) is 0 Å². The standard InChI is InChI=1S/C13H27NO/c1-4-12-10-14(9-7-13(12)15)8-5-6-11(2)3/h11-13,15H,4-10H2,1-3H3. The minimum absolute atomic E-state index is 0.0450. The van der Waals surface area contributed by atoms with Gasteiger partial charge >= 0.3 is 0 Å². The number of aliphatic hydroxyl groups is 1. The van der Waals surface area contributed by atoms with Gasteiger partial charge in [0.05, 0.1) is 6.10 Å². The zero-order chi connectivity index (χ0) is 11.3. The minimum atomic E-state index is -0.0450. The van der Waals surface area contributed by atoms with Crippen LogP contribution in [-0.4, -0.2) is 35.7 Å². The molecular formula is C13H27NO. The summed E-state index contributed by atoms with van der Waals surface area (Å²) >= 11 is 0. The third-order valence-electron chi connectivity index (χ3n) is 3.56. The Morgan fingerprint density at radius 3 is 2.73 bits per heavy atom. The lowest BCUT2D eigenvalue weighted by atomic mass is 9.92. The number of aliphatic hydroxyl groups excluding tert-OH is 1. The van der Waals surface area contributed by atoms with Crippen LogP contribution in [0.2, 0.25) is 0 Å². The first-order chi connectivity index (χ1) is 7.13. The summed E-state index contributed by atoms with van der Waals surface area (Å²) in [6.07, 6.45) is 4.68. The van der Waals surface area contributed by atoms with Gasteiger partial charge in [-0.2, -0.15) is 0 Å². The second-order valence-corrected chi connectivity index (χ2v) is 5.36. The van der Waals surface area contributed by atoms with Gasteiger partial charge in [-0.15, -0.1) is 0 Å². The molecule has 0 aromatic carbocycles. The molecule has 2 heteroatoms. The molecule has 1 aliphatic rings. The summed E-state index contributed by atoms with van der Waals surface area (Å²) < 4.78 is 0. The van der Waals surface area contributed by atoms with Gasteiger partial charge < -0.3 is 10.0 Å². The quantitative estimate of drug-likeness (QED) is 0.758. The molecule has 1 aliphatic heterocycles. The van der Waals surface area contributed by atoms with Crippen molar-refractivity contribution in [2.75, 3.05) is 19.6 Å². The molecule has 2 unspecified atom stereocenters. The van der Waals surface area contributed by atoms with E-state index in [1.165, 1.54) is 19.4 Å². The van der Waals surface area contributed by atoms with Crippen molar-refractivity contribution in [3.8, 4) is 0 Å². The van der Waals surface area contributed by atoms with Gasteiger partial charge in [-0.25, -0.2) is 0 Å². The van der Waals surface area contributed by atoms with E-state index in [0.717, 1.165) is 31.8 Å². The summed E-state index contributed by atoms with van der Waals surface area (Å²) in [4.78, 5) is 2.53. The lowest BCUT2D eigenvalue weighted by molar-refractivity contribution is 0.0244. The predicted molar refractivity (Wildman–Crippen MR) is 64.9 cm³/mol. The first-order valence-corrected chi connectivity index (χ1v) is 6.54. The maximum atomic E-state index is 9.77. The van der Waals surface area contributed by atoms with E-state index in [2.05, 4.69) is 25.7 Å². The molecule has 0 amide bonds. The average Bonchev–Trinajstić information content (AvgIpc) is 2.20. The fourth-order valence-corrected chi connectivity index (χ4v) is 2.42. The van der Waals surface area contributed by atoms with Gasteiger partial charge in [0.25, 0.3) is 0 Å². The van der Waals surface area contributed by atoms with E-state index in [1.54, 1.807) is 0 Å². The van der Waals surface area contributed by atoms with Crippen LogP contribution < -0.4 is 0 Å². The molecule has 90 valence electrons. The minimum Gasteiger partial charge on any atom is -0.393 e. The molecule has 0 aromatic heterocycles. The molecule has 1 rings (SSSR count). The van der Waals surface area contributed by atoms with Crippen LogP contribution in [0.15, 0.2) is 0 Å². The van der Waals surface area contributed by atoms with E-state index in [9.17, 15) is 5.11 Å². The molecule has 0 aliphatic carbocycles. The van der Waals surface area contributed by atoms with E-state index in [0.29, 0.717) is 5.92 Å². The van der Waals surface area contributed by atoms with Crippen molar-refractivity contribution in [1.82, 2.24) is 4.90 Å². The molecule has 2 nitrogen and oxygen atoms in total. The van der Waals surface area contributed by atoms with Crippen LogP contribution in [0.3, 0.4) is 0 Å². The van der Waals surface area contributed by atoms with Crippen molar-refractivity contribution >= 4 is 0 Å². The fourth-order valence-electron chi connectivity index (χ4n) is 2.42. The molecule has 0 radical (unpaired) electrons. The molecule has 2 atom stereocenters. The Kier molecular flexibility index (Phi) is 5.62. The number of piperidine rings is 1. The normalized spacial score (nSPS) is 28.6. The zero-order valence-corrected chi connectivity index (χ0v) is 10.6. The van der Waals surface area contributed by atoms with Crippen LogP contribution in [0.5, 0.6) is 0 Å². The fraction of sp³-hybridized carbons (Fsp3) is 1.00. The molecule has 1 N–H and O–H groups in total. The third kappa shape index (κ3) is 4.52. The lowest BCUT2D eigenvalue weighted by Gasteiger charge is -2.35. The Labute approximate surface area is 94.7 Å². The Bertz CT molecular complexity index is 170. The van der Waals surface area contributed by atoms with Gasteiger partial charge in [0.2, 0.25) is 0 Å². The third-order valence-corrected chi connectivity index (χ3v) is 3.56. The average molecular weight is 213 g/mol. The Hall–Kier alpha value is -0.0800. The van der Waals surface area contributed by atoms with Crippen LogP contribution >= 0.6 is 0 Å². The number of nitrogens with zero attached hydrogens (tertiary/aromatic N) is 1. The molecule has 15 heavy (non-hydrogen) atoms. The van der Waals surface area contributed by atoms with E-state index >= 15 is 0 Å². The number of likely N-dealkylation sites (tertiary alicyclic amines) is 1. The largest absolute Gasteiger partial charge is 0.393 e. The zero-order valence-electron chi connectivity index (χ0n) is 10.6. The van der Waals surface area contributed by atoms with E-state index in [1.807, 2.05) is 0 Å². The van der Waals surface area contributed by atoms with Gasteiger partial charge in [-0.1, -0.05) is 20.8 Å². The highest BCUT2D eigenvalue weighted by molar-refractivity contribution is 4.78. The van der Waals surface area contributed by atoms with Gasteiger partial charge in [-0.3, -0.25) is 0 Å². The van der Waals surface area contributed by atoms with E-state index in [4.69, 9.17) is 0 Å². The van der Waals surface area contributed by atoms with Gasteiger partial charge in [0.1, 0.15) is 0 Å². The van der Waals surface area contributed by atoms with Gasteiger partial charge in [-0.05, 0) is 44.1 Å². The SMILES string of the molecule is CCC1CN(CCCC(C)C)CCC1O. The number of hydrogen-bond donors (Lipinski definition) is 1. The van der Waals surface area contributed by atoms with E-state index < -0.39 is 0 Å². The van der Waals surface area contributed by atoms with Crippen molar-refractivity contribution in [2.45, 2.75) is 52.6 Å². The Morgan fingerprint density at radius 2 is 2.13 bits per heavy atom. The molecule has 0 aromatic rings. The van der Waals surface area contributed by atoms with Crippen LogP contribution in [-0.2, 0) is 0 Å². The van der Waals surface area contributed by atoms with Crippen molar-refractivity contribution in [1.29, 1.82) is 0 Å².